The molecule has 29 heavy (non-hydrogen) atoms. The first-order valence-corrected chi connectivity index (χ1v) is 10.2. The molecule has 0 unspecified atom stereocenters. The van der Waals surface area contributed by atoms with Gasteiger partial charge in [0.05, 0.1) is 16.8 Å². The van der Waals surface area contributed by atoms with Gasteiger partial charge >= 0.3 is 6.03 Å². The van der Waals surface area contributed by atoms with Crippen LogP contribution in [0.4, 0.5) is 16.2 Å². The minimum atomic E-state index is -0.287. The SMILES string of the molecule is CCOc1ccc(NC(=O)Nc2ccc(-c3nc4ccccc4s3)cc2C)cc1. The van der Waals surface area contributed by atoms with Crippen molar-refractivity contribution in [3.63, 3.8) is 0 Å². The topological polar surface area (TPSA) is 63.2 Å². The molecule has 5 nitrogen and oxygen atoms in total. The van der Waals surface area contributed by atoms with Gasteiger partial charge in [0.25, 0.3) is 0 Å². The van der Waals surface area contributed by atoms with E-state index in [2.05, 4.69) is 16.7 Å². The van der Waals surface area contributed by atoms with Crippen LogP contribution in [0.2, 0.25) is 0 Å². The number of anilines is 2. The van der Waals surface area contributed by atoms with E-state index in [0.29, 0.717) is 12.3 Å². The lowest BCUT2D eigenvalue weighted by atomic mass is 10.1. The molecule has 2 N–H and O–H groups in total. The zero-order valence-corrected chi connectivity index (χ0v) is 17.0. The maximum absolute atomic E-state index is 12.4. The van der Waals surface area contributed by atoms with E-state index in [4.69, 9.17) is 9.72 Å². The number of hydrogen-bond acceptors (Lipinski definition) is 4. The molecule has 1 aromatic heterocycles. The van der Waals surface area contributed by atoms with Crippen LogP contribution in [0, 0.1) is 6.92 Å². The molecular formula is C23H21N3O2S. The maximum atomic E-state index is 12.4. The van der Waals surface area contributed by atoms with Crippen molar-refractivity contribution < 1.29 is 9.53 Å². The van der Waals surface area contributed by atoms with Gasteiger partial charge in [-0.05, 0) is 74.0 Å². The van der Waals surface area contributed by atoms with Crippen LogP contribution >= 0.6 is 11.3 Å². The third-order valence-corrected chi connectivity index (χ3v) is 5.52. The average Bonchev–Trinajstić information content (AvgIpc) is 3.15. The van der Waals surface area contributed by atoms with Crippen LogP contribution in [0.5, 0.6) is 5.75 Å². The summed E-state index contributed by atoms with van der Waals surface area (Å²) in [6.45, 7) is 4.52. The van der Waals surface area contributed by atoms with Gasteiger partial charge in [0.2, 0.25) is 0 Å². The molecule has 1 heterocycles. The Bertz CT molecular complexity index is 1120. The summed E-state index contributed by atoms with van der Waals surface area (Å²) < 4.78 is 6.58. The third kappa shape index (κ3) is 4.38. The van der Waals surface area contributed by atoms with Gasteiger partial charge in [0.15, 0.2) is 0 Å². The van der Waals surface area contributed by atoms with Gasteiger partial charge in [0, 0.05) is 16.9 Å². The first kappa shape index (κ1) is 19.0. The molecule has 2 amide bonds. The number of fused-ring (bicyclic) bond motifs is 1. The van der Waals surface area contributed by atoms with E-state index in [9.17, 15) is 4.79 Å². The van der Waals surface area contributed by atoms with Crippen molar-refractivity contribution in [2.45, 2.75) is 13.8 Å². The number of aromatic nitrogens is 1. The monoisotopic (exact) mass is 403 g/mol. The molecule has 0 radical (unpaired) electrons. The fourth-order valence-corrected chi connectivity index (χ4v) is 3.98. The molecule has 6 heteroatoms. The zero-order valence-electron chi connectivity index (χ0n) is 16.2. The van der Waals surface area contributed by atoms with Crippen molar-refractivity contribution in [1.29, 1.82) is 0 Å². The lowest BCUT2D eigenvalue weighted by Crippen LogP contribution is -2.19. The largest absolute Gasteiger partial charge is 0.494 e. The highest BCUT2D eigenvalue weighted by molar-refractivity contribution is 7.21. The van der Waals surface area contributed by atoms with Gasteiger partial charge in [-0.1, -0.05) is 12.1 Å². The van der Waals surface area contributed by atoms with Crippen LogP contribution in [-0.4, -0.2) is 17.6 Å². The van der Waals surface area contributed by atoms with Gasteiger partial charge in [-0.2, -0.15) is 0 Å². The number of thiazole rings is 1. The number of nitrogens with one attached hydrogen (secondary N) is 2. The standard InChI is InChI=1S/C23H21N3O2S/c1-3-28-18-11-9-17(10-12-18)24-23(27)26-19-13-8-16(14-15(19)2)22-25-20-6-4-5-7-21(20)29-22/h4-14H,3H2,1-2H3,(H2,24,26,27). The van der Waals surface area contributed by atoms with Gasteiger partial charge in [-0.25, -0.2) is 9.78 Å². The van der Waals surface area contributed by atoms with E-state index < -0.39 is 0 Å². The molecular weight excluding hydrogens is 382 g/mol. The number of para-hydroxylation sites is 1. The molecule has 3 aromatic carbocycles. The van der Waals surface area contributed by atoms with Crippen molar-refractivity contribution in [3.8, 4) is 16.3 Å². The van der Waals surface area contributed by atoms with E-state index in [1.54, 1.807) is 11.3 Å². The number of hydrogen-bond donors (Lipinski definition) is 2. The number of nitrogens with zero attached hydrogens (tertiary/aromatic N) is 1. The summed E-state index contributed by atoms with van der Waals surface area (Å²) in [4.78, 5) is 17.1. The van der Waals surface area contributed by atoms with Crippen LogP contribution < -0.4 is 15.4 Å². The van der Waals surface area contributed by atoms with E-state index in [1.165, 1.54) is 0 Å². The summed E-state index contributed by atoms with van der Waals surface area (Å²) >= 11 is 1.66. The van der Waals surface area contributed by atoms with Crippen molar-refractivity contribution in [3.05, 3.63) is 72.3 Å². The number of amides is 2. The smallest absolute Gasteiger partial charge is 0.323 e. The quantitative estimate of drug-likeness (QED) is 0.410. The predicted molar refractivity (Wildman–Crippen MR) is 120 cm³/mol. The Labute approximate surface area is 173 Å². The minimum Gasteiger partial charge on any atom is -0.494 e. The van der Waals surface area contributed by atoms with Gasteiger partial charge in [0.1, 0.15) is 10.8 Å². The van der Waals surface area contributed by atoms with Crippen molar-refractivity contribution in [2.75, 3.05) is 17.2 Å². The van der Waals surface area contributed by atoms with Crippen molar-refractivity contribution in [2.24, 2.45) is 0 Å². The van der Waals surface area contributed by atoms with Crippen LogP contribution in [0.1, 0.15) is 12.5 Å². The number of aryl methyl sites for hydroxylation is 1. The summed E-state index contributed by atoms with van der Waals surface area (Å²) in [5, 5.41) is 6.71. The highest BCUT2D eigenvalue weighted by Crippen LogP contribution is 2.32. The molecule has 0 aliphatic rings. The van der Waals surface area contributed by atoms with E-state index in [0.717, 1.165) is 37.8 Å². The Hall–Kier alpha value is -3.38. The van der Waals surface area contributed by atoms with Crippen molar-refractivity contribution in [1.82, 2.24) is 4.98 Å². The average molecular weight is 404 g/mol. The highest BCUT2D eigenvalue weighted by Gasteiger charge is 2.10. The first-order chi connectivity index (χ1) is 14.1. The molecule has 4 aromatic rings. The van der Waals surface area contributed by atoms with Gasteiger partial charge in [-0.15, -0.1) is 11.3 Å². The van der Waals surface area contributed by atoms with Crippen LogP contribution in [-0.2, 0) is 0 Å². The number of urea groups is 1. The normalized spacial score (nSPS) is 10.7. The van der Waals surface area contributed by atoms with Crippen LogP contribution in [0.3, 0.4) is 0 Å². The molecule has 0 aliphatic carbocycles. The molecule has 4 rings (SSSR count). The molecule has 0 spiro atoms. The molecule has 0 saturated carbocycles. The second kappa shape index (κ2) is 8.32. The Morgan fingerprint density at radius 2 is 1.83 bits per heavy atom. The third-order valence-electron chi connectivity index (χ3n) is 4.44. The lowest BCUT2D eigenvalue weighted by Gasteiger charge is -2.11. The maximum Gasteiger partial charge on any atom is 0.323 e. The summed E-state index contributed by atoms with van der Waals surface area (Å²) in [6, 6.07) is 21.0. The highest BCUT2D eigenvalue weighted by atomic mass is 32.1. The number of rotatable bonds is 5. The molecule has 0 aliphatic heterocycles. The van der Waals surface area contributed by atoms with E-state index in [-0.39, 0.29) is 6.03 Å². The number of benzene rings is 3. The number of carbonyl (C=O) groups excluding carboxylic acids is 1. The Morgan fingerprint density at radius 1 is 1.03 bits per heavy atom. The van der Waals surface area contributed by atoms with Crippen molar-refractivity contribution >= 4 is 39.0 Å². The fourth-order valence-electron chi connectivity index (χ4n) is 3.02. The molecule has 0 bridgehead atoms. The molecule has 0 saturated heterocycles. The molecule has 146 valence electrons. The lowest BCUT2D eigenvalue weighted by molar-refractivity contribution is 0.262. The second-order valence-electron chi connectivity index (χ2n) is 6.55. The molecule has 0 fully saturated rings. The summed E-state index contributed by atoms with van der Waals surface area (Å²) in [5.41, 5.74) is 4.49. The van der Waals surface area contributed by atoms with E-state index in [1.807, 2.05) is 74.5 Å². The number of ether oxygens (including phenoxy) is 1. The summed E-state index contributed by atoms with van der Waals surface area (Å²) in [7, 11) is 0. The van der Waals surface area contributed by atoms with Crippen LogP contribution in [0.25, 0.3) is 20.8 Å². The Kier molecular flexibility index (Phi) is 5.44. The zero-order chi connectivity index (χ0) is 20.2. The predicted octanol–water partition coefficient (Wildman–Crippen LogP) is 6.31. The summed E-state index contributed by atoms with van der Waals surface area (Å²) in [6.07, 6.45) is 0. The fraction of sp³-hybridized carbons (Fsp3) is 0.130. The minimum absolute atomic E-state index is 0.287. The molecule has 0 atom stereocenters. The number of carbonyl (C=O) groups is 1. The first-order valence-electron chi connectivity index (χ1n) is 9.40. The summed E-state index contributed by atoms with van der Waals surface area (Å²) in [5.74, 6) is 0.778. The Balaban J connectivity index is 1.45. The van der Waals surface area contributed by atoms with E-state index >= 15 is 0 Å². The Morgan fingerprint density at radius 3 is 2.55 bits per heavy atom. The van der Waals surface area contributed by atoms with Gasteiger partial charge < -0.3 is 15.4 Å². The van der Waals surface area contributed by atoms with Crippen LogP contribution in [0.15, 0.2) is 66.7 Å². The second-order valence-corrected chi connectivity index (χ2v) is 7.58. The van der Waals surface area contributed by atoms with Gasteiger partial charge in [-0.3, -0.25) is 0 Å².